The van der Waals surface area contributed by atoms with Gasteiger partial charge in [-0.25, -0.2) is 4.39 Å². The van der Waals surface area contributed by atoms with E-state index in [1.807, 2.05) is 0 Å². The van der Waals surface area contributed by atoms with Crippen LogP contribution in [-0.4, -0.2) is 16.6 Å². The summed E-state index contributed by atoms with van der Waals surface area (Å²) in [5, 5.41) is 0. The van der Waals surface area contributed by atoms with Crippen molar-refractivity contribution in [3.63, 3.8) is 0 Å². The third-order valence-electron chi connectivity index (χ3n) is 1.66. The minimum Gasteiger partial charge on any atom is -0.399 e. The molecule has 0 bridgehead atoms. The highest BCUT2D eigenvalue weighted by molar-refractivity contribution is 7.85. The molecule has 0 aliphatic heterocycles. The topological polar surface area (TPSA) is 43.1 Å². The van der Waals surface area contributed by atoms with E-state index in [1.165, 1.54) is 12.1 Å². The van der Waals surface area contributed by atoms with Crippen LogP contribution in [0.25, 0.3) is 0 Å². The van der Waals surface area contributed by atoms with Crippen molar-refractivity contribution in [1.82, 2.24) is 0 Å². The fourth-order valence-electron chi connectivity index (χ4n) is 0.997. The second-order valence-electron chi connectivity index (χ2n) is 2.78. The van der Waals surface area contributed by atoms with Crippen molar-refractivity contribution in [2.45, 2.75) is 11.3 Å². The summed E-state index contributed by atoms with van der Waals surface area (Å²) in [4.78, 5) is 0.0904. The van der Waals surface area contributed by atoms with Gasteiger partial charge in [0, 0.05) is 11.4 Å². The second-order valence-corrected chi connectivity index (χ2v) is 4.32. The lowest BCUT2D eigenvalue weighted by Gasteiger charge is -2.02. The monoisotopic (exact) mass is 219 g/mol. The number of nitrogens with two attached hydrogens (primary N) is 1. The van der Waals surface area contributed by atoms with E-state index in [0.717, 1.165) is 6.07 Å². The van der Waals surface area contributed by atoms with Gasteiger partial charge in [0.15, 0.2) is 0 Å². The molecule has 0 aliphatic carbocycles. The largest absolute Gasteiger partial charge is 0.399 e. The molecule has 1 atom stereocenters. The van der Waals surface area contributed by atoms with Gasteiger partial charge in [0.05, 0.1) is 22.4 Å². The number of hydrogen-bond acceptors (Lipinski definition) is 2. The molecule has 78 valence electrons. The third kappa shape index (κ3) is 2.77. The number of hydrogen-bond donors (Lipinski definition) is 1. The minimum atomic E-state index is -1.47. The Balaban J connectivity index is 2.80. The molecule has 0 amide bonds. The zero-order chi connectivity index (χ0) is 10.6. The molecule has 1 aromatic carbocycles. The van der Waals surface area contributed by atoms with Gasteiger partial charge in [-0.3, -0.25) is 8.60 Å². The van der Waals surface area contributed by atoms with Gasteiger partial charge >= 0.3 is 0 Å². The SMILES string of the molecule is Nc1ccc(S(=O)CCCF)c(F)c1. The zero-order valence-corrected chi connectivity index (χ0v) is 8.32. The first-order valence-corrected chi connectivity index (χ1v) is 5.46. The molecule has 1 rings (SSSR count). The van der Waals surface area contributed by atoms with Crippen LogP contribution in [0.1, 0.15) is 6.42 Å². The third-order valence-corrected chi connectivity index (χ3v) is 3.15. The predicted octanol–water partition coefficient (Wildman–Crippen LogP) is 1.88. The Morgan fingerprint density at radius 3 is 2.71 bits per heavy atom. The minimum absolute atomic E-state index is 0.0904. The lowest BCUT2D eigenvalue weighted by atomic mass is 10.3. The molecule has 0 heterocycles. The first-order valence-electron chi connectivity index (χ1n) is 4.14. The second kappa shape index (κ2) is 5.05. The fraction of sp³-hybridized carbons (Fsp3) is 0.333. The maximum atomic E-state index is 13.2. The van der Waals surface area contributed by atoms with E-state index in [2.05, 4.69) is 0 Å². The quantitative estimate of drug-likeness (QED) is 0.786. The van der Waals surface area contributed by atoms with Crippen molar-refractivity contribution in [3.05, 3.63) is 24.0 Å². The smallest absolute Gasteiger partial charge is 0.141 e. The standard InChI is InChI=1S/C9H11F2NOS/c10-4-1-5-14(13)9-3-2-7(12)6-8(9)11/h2-3,6H,1,4-5,12H2. The summed E-state index contributed by atoms with van der Waals surface area (Å²) in [6.45, 7) is -0.539. The molecule has 0 aliphatic rings. The molecule has 0 aromatic heterocycles. The molecule has 0 saturated heterocycles. The fourth-order valence-corrected chi connectivity index (χ4v) is 2.08. The van der Waals surface area contributed by atoms with Crippen molar-refractivity contribution in [2.75, 3.05) is 18.2 Å². The van der Waals surface area contributed by atoms with E-state index < -0.39 is 23.3 Å². The van der Waals surface area contributed by atoms with Gasteiger partial charge in [-0.05, 0) is 24.6 Å². The summed E-state index contributed by atoms with van der Waals surface area (Å²) in [5.41, 5.74) is 5.61. The zero-order valence-electron chi connectivity index (χ0n) is 7.50. The maximum Gasteiger partial charge on any atom is 0.141 e. The van der Waals surface area contributed by atoms with Gasteiger partial charge < -0.3 is 5.73 Å². The number of halogens is 2. The summed E-state index contributed by atoms with van der Waals surface area (Å²) in [6, 6.07) is 3.97. The van der Waals surface area contributed by atoms with Crippen LogP contribution >= 0.6 is 0 Å². The molecule has 0 spiro atoms. The summed E-state index contributed by atoms with van der Waals surface area (Å²) >= 11 is 0. The highest BCUT2D eigenvalue weighted by Crippen LogP contribution is 2.16. The van der Waals surface area contributed by atoms with Gasteiger partial charge in [0.25, 0.3) is 0 Å². The molecule has 0 saturated carbocycles. The van der Waals surface area contributed by atoms with Crippen LogP contribution in [0.5, 0.6) is 0 Å². The number of rotatable bonds is 4. The Morgan fingerprint density at radius 2 is 2.14 bits per heavy atom. The van der Waals surface area contributed by atoms with Crippen molar-refractivity contribution in [3.8, 4) is 0 Å². The van der Waals surface area contributed by atoms with E-state index in [4.69, 9.17) is 5.73 Å². The van der Waals surface area contributed by atoms with Crippen LogP contribution < -0.4 is 5.73 Å². The first-order chi connectivity index (χ1) is 6.65. The maximum absolute atomic E-state index is 13.2. The van der Waals surface area contributed by atoms with Gasteiger partial charge in [-0.2, -0.15) is 0 Å². The van der Waals surface area contributed by atoms with Crippen LogP contribution in [0, 0.1) is 5.82 Å². The first kappa shape index (κ1) is 11.1. The number of nitrogen functional groups attached to an aromatic ring is 1. The van der Waals surface area contributed by atoms with Crippen LogP contribution in [-0.2, 0) is 10.8 Å². The number of benzene rings is 1. The molecule has 5 heteroatoms. The molecule has 0 radical (unpaired) electrons. The van der Waals surface area contributed by atoms with Crippen LogP contribution in [0.3, 0.4) is 0 Å². The Morgan fingerprint density at radius 1 is 1.43 bits per heavy atom. The number of anilines is 1. The van der Waals surface area contributed by atoms with Crippen LogP contribution in [0.4, 0.5) is 14.5 Å². The van der Waals surface area contributed by atoms with Gasteiger partial charge in [0.1, 0.15) is 5.82 Å². The van der Waals surface area contributed by atoms with Crippen molar-refractivity contribution < 1.29 is 13.0 Å². The lowest BCUT2D eigenvalue weighted by Crippen LogP contribution is -2.02. The Kier molecular flexibility index (Phi) is 4.00. The van der Waals surface area contributed by atoms with E-state index in [-0.39, 0.29) is 22.8 Å². The molecule has 2 N–H and O–H groups in total. The Labute approximate surface area is 83.6 Å². The molecular weight excluding hydrogens is 208 g/mol. The van der Waals surface area contributed by atoms with Crippen LogP contribution in [0.15, 0.2) is 23.1 Å². The normalized spacial score (nSPS) is 12.7. The average molecular weight is 219 g/mol. The highest BCUT2D eigenvalue weighted by Gasteiger charge is 2.09. The summed E-state index contributed by atoms with van der Waals surface area (Å²) in [7, 11) is -1.47. The van der Waals surface area contributed by atoms with Gasteiger partial charge in [0.2, 0.25) is 0 Å². The Bertz CT molecular complexity index is 344. The van der Waals surface area contributed by atoms with E-state index in [9.17, 15) is 13.0 Å². The number of alkyl halides is 1. The van der Waals surface area contributed by atoms with Gasteiger partial charge in [-0.1, -0.05) is 0 Å². The van der Waals surface area contributed by atoms with Crippen molar-refractivity contribution in [2.24, 2.45) is 0 Å². The lowest BCUT2D eigenvalue weighted by molar-refractivity contribution is 0.487. The van der Waals surface area contributed by atoms with Gasteiger partial charge in [-0.15, -0.1) is 0 Å². The average Bonchev–Trinajstić information content (AvgIpc) is 2.14. The Hall–Kier alpha value is -0.970. The molecule has 1 aromatic rings. The molecular formula is C9H11F2NOS. The molecule has 2 nitrogen and oxygen atoms in total. The highest BCUT2D eigenvalue weighted by atomic mass is 32.2. The van der Waals surface area contributed by atoms with Crippen molar-refractivity contribution >= 4 is 16.5 Å². The summed E-state index contributed by atoms with van der Waals surface area (Å²) in [5.74, 6) is -0.459. The summed E-state index contributed by atoms with van der Waals surface area (Å²) < 4.78 is 36.3. The van der Waals surface area contributed by atoms with E-state index in [0.29, 0.717) is 0 Å². The molecule has 14 heavy (non-hydrogen) atoms. The van der Waals surface area contributed by atoms with Crippen molar-refractivity contribution in [1.29, 1.82) is 0 Å². The van der Waals surface area contributed by atoms with Crippen LogP contribution in [0.2, 0.25) is 0 Å². The summed E-state index contributed by atoms with van der Waals surface area (Å²) in [6.07, 6.45) is 0.177. The molecule has 1 unspecified atom stereocenters. The predicted molar refractivity (Wildman–Crippen MR) is 52.7 cm³/mol. The van der Waals surface area contributed by atoms with E-state index in [1.54, 1.807) is 0 Å². The molecule has 0 fully saturated rings. The van der Waals surface area contributed by atoms with E-state index >= 15 is 0 Å².